The molecule has 0 saturated carbocycles. The third-order valence-corrected chi connectivity index (χ3v) is 6.18. The molecule has 2 N–H and O–H groups in total. The van der Waals surface area contributed by atoms with Crippen LogP contribution in [0.3, 0.4) is 0 Å². The Morgan fingerprint density at radius 1 is 1.09 bits per heavy atom. The van der Waals surface area contributed by atoms with Crippen LogP contribution in [-0.4, -0.2) is 41.2 Å². The van der Waals surface area contributed by atoms with Crippen molar-refractivity contribution in [2.75, 3.05) is 19.6 Å². The van der Waals surface area contributed by atoms with Gasteiger partial charge in [0.05, 0.1) is 5.52 Å². The first-order chi connectivity index (χ1) is 15.4. The maximum atomic E-state index is 12.5. The molecule has 0 bridgehead atoms. The first-order valence-electron chi connectivity index (χ1n) is 10.5. The van der Waals surface area contributed by atoms with Gasteiger partial charge in [0.15, 0.2) is 11.4 Å². The van der Waals surface area contributed by atoms with Gasteiger partial charge < -0.3 is 14.6 Å². The van der Waals surface area contributed by atoms with Crippen LogP contribution in [0.4, 0.5) is 0 Å². The molecule has 0 unspecified atom stereocenters. The normalized spacial score (nSPS) is 15.2. The molecule has 168 valence electrons. The number of amides is 1. The molecule has 3 aromatic rings. The minimum Gasteiger partial charge on any atom is -0.408 e. The number of rotatable bonds is 7. The number of ketones is 1. The van der Waals surface area contributed by atoms with E-state index in [-0.39, 0.29) is 17.6 Å². The molecule has 1 fully saturated rings. The number of aromatic amines is 1. The number of oxazole rings is 1. The SMILES string of the molecule is O=C(CCN1CCC(C(=O)NCc2cc(Cl)cc(Cl)c2)CC1)c1ccc2[nH]c(=O)oc2c1. The number of aromatic nitrogens is 1. The van der Waals surface area contributed by atoms with E-state index in [1.807, 2.05) is 0 Å². The van der Waals surface area contributed by atoms with Gasteiger partial charge in [-0.05, 0) is 67.9 Å². The van der Waals surface area contributed by atoms with Crippen LogP contribution in [-0.2, 0) is 11.3 Å². The molecule has 4 rings (SSSR count). The fourth-order valence-electron chi connectivity index (χ4n) is 3.99. The summed E-state index contributed by atoms with van der Waals surface area (Å²) in [7, 11) is 0. The minimum atomic E-state index is -0.534. The number of benzene rings is 2. The lowest BCUT2D eigenvalue weighted by Gasteiger charge is -2.31. The number of nitrogens with one attached hydrogen (secondary N) is 2. The molecule has 0 spiro atoms. The van der Waals surface area contributed by atoms with Crippen LogP contribution >= 0.6 is 23.2 Å². The quantitative estimate of drug-likeness (QED) is 0.502. The highest BCUT2D eigenvalue weighted by Gasteiger charge is 2.25. The summed E-state index contributed by atoms with van der Waals surface area (Å²) in [6.45, 7) is 2.54. The Hall–Kier alpha value is -2.61. The largest absolute Gasteiger partial charge is 0.417 e. The number of hydrogen-bond acceptors (Lipinski definition) is 5. The van der Waals surface area contributed by atoms with Gasteiger partial charge in [0.2, 0.25) is 5.91 Å². The molecule has 0 radical (unpaired) electrons. The molecule has 0 atom stereocenters. The first kappa shape index (κ1) is 22.6. The summed E-state index contributed by atoms with van der Waals surface area (Å²) in [6.07, 6.45) is 1.86. The first-order valence-corrected chi connectivity index (χ1v) is 11.2. The molecule has 7 nitrogen and oxygen atoms in total. The third-order valence-electron chi connectivity index (χ3n) is 5.75. The zero-order chi connectivity index (χ0) is 22.7. The molecule has 0 aliphatic carbocycles. The fourth-order valence-corrected chi connectivity index (χ4v) is 4.56. The van der Waals surface area contributed by atoms with E-state index >= 15 is 0 Å². The molecular formula is C23H23Cl2N3O4. The highest BCUT2D eigenvalue weighted by Crippen LogP contribution is 2.21. The van der Waals surface area contributed by atoms with Crippen LogP contribution in [0.25, 0.3) is 11.1 Å². The molecule has 2 heterocycles. The number of Topliss-reactive ketones (excluding diaryl/α,β-unsaturated/α-hetero) is 1. The predicted octanol–water partition coefficient (Wildman–Crippen LogP) is 4.03. The molecule has 1 saturated heterocycles. The molecule has 1 aliphatic heterocycles. The summed E-state index contributed by atoms with van der Waals surface area (Å²) in [4.78, 5) is 41.1. The van der Waals surface area contributed by atoms with E-state index in [4.69, 9.17) is 27.6 Å². The van der Waals surface area contributed by atoms with Crippen molar-refractivity contribution in [1.82, 2.24) is 15.2 Å². The maximum Gasteiger partial charge on any atom is 0.417 e. The van der Waals surface area contributed by atoms with Gasteiger partial charge in [-0.1, -0.05) is 23.2 Å². The number of carbonyl (C=O) groups excluding carboxylic acids is 2. The topological polar surface area (TPSA) is 95.4 Å². The Balaban J connectivity index is 1.22. The number of carbonyl (C=O) groups is 2. The van der Waals surface area contributed by atoms with Crippen molar-refractivity contribution in [3.05, 3.63) is 68.1 Å². The number of likely N-dealkylation sites (tertiary alicyclic amines) is 1. The van der Waals surface area contributed by atoms with Crippen LogP contribution in [0.15, 0.2) is 45.6 Å². The van der Waals surface area contributed by atoms with Crippen molar-refractivity contribution in [2.45, 2.75) is 25.8 Å². The maximum absolute atomic E-state index is 12.5. The van der Waals surface area contributed by atoms with Gasteiger partial charge >= 0.3 is 5.76 Å². The van der Waals surface area contributed by atoms with E-state index in [0.717, 1.165) is 31.5 Å². The summed E-state index contributed by atoms with van der Waals surface area (Å²) < 4.78 is 5.02. The van der Waals surface area contributed by atoms with Gasteiger partial charge in [-0.25, -0.2) is 4.79 Å². The van der Waals surface area contributed by atoms with E-state index < -0.39 is 5.76 Å². The highest BCUT2D eigenvalue weighted by molar-refractivity contribution is 6.34. The number of piperidine rings is 1. The zero-order valence-electron chi connectivity index (χ0n) is 17.3. The Morgan fingerprint density at radius 2 is 1.81 bits per heavy atom. The summed E-state index contributed by atoms with van der Waals surface area (Å²) >= 11 is 12.0. The third kappa shape index (κ3) is 5.59. The number of fused-ring (bicyclic) bond motifs is 1. The Morgan fingerprint density at radius 3 is 2.53 bits per heavy atom. The van der Waals surface area contributed by atoms with Gasteiger partial charge in [0.25, 0.3) is 0 Å². The smallest absolute Gasteiger partial charge is 0.408 e. The van der Waals surface area contributed by atoms with Crippen molar-refractivity contribution in [2.24, 2.45) is 5.92 Å². The van der Waals surface area contributed by atoms with Crippen LogP contribution in [0.5, 0.6) is 0 Å². The number of H-pyrrole nitrogens is 1. The molecule has 9 heteroatoms. The molecule has 1 amide bonds. The fraction of sp³-hybridized carbons (Fsp3) is 0.348. The van der Waals surface area contributed by atoms with Crippen molar-refractivity contribution < 1.29 is 14.0 Å². The van der Waals surface area contributed by atoms with Gasteiger partial charge in [-0.15, -0.1) is 0 Å². The molecule has 1 aromatic heterocycles. The lowest BCUT2D eigenvalue weighted by atomic mass is 9.95. The Labute approximate surface area is 194 Å². The molecule has 2 aromatic carbocycles. The number of nitrogens with zero attached hydrogens (tertiary/aromatic N) is 1. The molecular weight excluding hydrogens is 453 g/mol. The minimum absolute atomic E-state index is 0.00389. The summed E-state index contributed by atoms with van der Waals surface area (Å²) in [5, 5.41) is 4.05. The zero-order valence-corrected chi connectivity index (χ0v) is 18.8. The van der Waals surface area contributed by atoms with Crippen LogP contribution in [0.1, 0.15) is 35.2 Å². The second-order valence-corrected chi connectivity index (χ2v) is 8.88. The van der Waals surface area contributed by atoms with E-state index in [0.29, 0.717) is 46.2 Å². The molecule has 32 heavy (non-hydrogen) atoms. The summed E-state index contributed by atoms with van der Waals surface area (Å²) in [5.74, 6) is -0.558. The lowest BCUT2D eigenvalue weighted by Crippen LogP contribution is -2.41. The number of hydrogen-bond donors (Lipinski definition) is 2. The second-order valence-electron chi connectivity index (χ2n) is 8.01. The Bertz CT molecular complexity index is 1180. The van der Waals surface area contributed by atoms with Crippen molar-refractivity contribution in [3.63, 3.8) is 0 Å². The van der Waals surface area contributed by atoms with Crippen molar-refractivity contribution >= 4 is 46.0 Å². The Kier molecular flexibility index (Phi) is 6.98. The van der Waals surface area contributed by atoms with E-state index in [9.17, 15) is 14.4 Å². The van der Waals surface area contributed by atoms with Crippen LogP contribution in [0, 0.1) is 5.92 Å². The summed E-state index contributed by atoms with van der Waals surface area (Å²) in [6, 6.07) is 10.2. The number of halogens is 2. The van der Waals surface area contributed by atoms with E-state index in [2.05, 4.69) is 15.2 Å². The lowest BCUT2D eigenvalue weighted by molar-refractivity contribution is -0.126. The predicted molar refractivity (Wildman–Crippen MR) is 123 cm³/mol. The summed E-state index contributed by atoms with van der Waals surface area (Å²) in [5.41, 5.74) is 2.35. The van der Waals surface area contributed by atoms with Crippen molar-refractivity contribution in [1.29, 1.82) is 0 Å². The van der Waals surface area contributed by atoms with E-state index in [1.165, 1.54) is 0 Å². The van der Waals surface area contributed by atoms with Gasteiger partial charge in [0.1, 0.15) is 0 Å². The van der Waals surface area contributed by atoms with Crippen LogP contribution < -0.4 is 11.1 Å². The van der Waals surface area contributed by atoms with E-state index in [1.54, 1.807) is 36.4 Å². The average Bonchev–Trinajstić information content (AvgIpc) is 3.14. The molecule has 1 aliphatic rings. The van der Waals surface area contributed by atoms with Gasteiger partial charge in [-0.2, -0.15) is 0 Å². The van der Waals surface area contributed by atoms with Gasteiger partial charge in [-0.3, -0.25) is 14.6 Å². The standard InChI is InChI=1S/C23H23Cl2N3O4/c24-17-9-14(10-18(25)12-17)13-26-22(30)15-3-6-28(7-4-15)8-5-20(29)16-1-2-19-21(11-16)32-23(31)27-19/h1-2,9-12,15H,3-8,13H2,(H,26,30)(H,27,31). The second kappa shape index (κ2) is 9.90. The highest BCUT2D eigenvalue weighted by atomic mass is 35.5. The average molecular weight is 476 g/mol. The van der Waals surface area contributed by atoms with Gasteiger partial charge in [0, 0.05) is 41.0 Å². The van der Waals surface area contributed by atoms with Crippen molar-refractivity contribution in [3.8, 4) is 0 Å². The monoisotopic (exact) mass is 475 g/mol. The van der Waals surface area contributed by atoms with Crippen LogP contribution in [0.2, 0.25) is 10.0 Å².